The number of sulfonamides is 1. The van der Waals surface area contributed by atoms with E-state index in [1.165, 1.54) is 9.87 Å². The molecule has 1 aliphatic heterocycles. The van der Waals surface area contributed by atoms with Crippen molar-refractivity contribution >= 4 is 31.9 Å². The monoisotopic (exact) mass is 521 g/mol. The summed E-state index contributed by atoms with van der Waals surface area (Å²) in [5.74, 6) is 0.0249. The van der Waals surface area contributed by atoms with Gasteiger partial charge >= 0.3 is 0 Å². The summed E-state index contributed by atoms with van der Waals surface area (Å²) in [5.41, 5.74) is 1.27. The van der Waals surface area contributed by atoms with Crippen LogP contribution in [-0.4, -0.2) is 67.7 Å². The predicted octanol–water partition coefficient (Wildman–Crippen LogP) is 3.97. The zero-order valence-electron chi connectivity index (χ0n) is 18.6. The molecule has 0 aliphatic carbocycles. The number of hydrogen-bond donors (Lipinski definition) is 0. The molecule has 2 aromatic rings. The summed E-state index contributed by atoms with van der Waals surface area (Å²) in [6.45, 7) is 6.58. The van der Waals surface area contributed by atoms with E-state index in [9.17, 15) is 13.2 Å². The third kappa shape index (κ3) is 6.88. The first-order valence-electron chi connectivity index (χ1n) is 11.2. The molecule has 8 heteroatoms. The molecule has 0 aromatic heterocycles. The number of benzene rings is 2. The van der Waals surface area contributed by atoms with Crippen molar-refractivity contribution in [3.63, 3.8) is 0 Å². The fourth-order valence-corrected chi connectivity index (χ4v) is 5.56. The molecule has 0 spiro atoms. The van der Waals surface area contributed by atoms with Gasteiger partial charge in [-0.15, -0.1) is 0 Å². The number of piperazine rings is 1. The second-order valence-electron chi connectivity index (χ2n) is 8.10. The highest BCUT2D eigenvalue weighted by Crippen LogP contribution is 2.20. The average Bonchev–Trinajstić information content (AvgIpc) is 2.80. The van der Waals surface area contributed by atoms with Gasteiger partial charge in [-0.3, -0.25) is 9.69 Å². The van der Waals surface area contributed by atoms with Crippen LogP contribution >= 0.6 is 15.9 Å². The first kappa shape index (κ1) is 24.9. The Morgan fingerprint density at radius 1 is 0.969 bits per heavy atom. The van der Waals surface area contributed by atoms with Crippen molar-refractivity contribution < 1.29 is 13.2 Å². The topological polar surface area (TPSA) is 60.9 Å². The van der Waals surface area contributed by atoms with Gasteiger partial charge < -0.3 is 4.90 Å². The standard InChI is InChI=1S/C24H32BrN3O3S/c1-2-3-14-28(32(30,31)23-11-9-22(25)10-12-23)15-13-24(29)27-18-16-26(17-19-27)20-21-7-5-4-6-8-21/h4-12H,2-3,13-20H2,1H3. The Balaban J connectivity index is 1.54. The lowest BCUT2D eigenvalue weighted by Gasteiger charge is -2.35. The highest BCUT2D eigenvalue weighted by molar-refractivity contribution is 9.10. The normalized spacial score (nSPS) is 15.3. The van der Waals surface area contributed by atoms with Crippen LogP contribution in [0.3, 0.4) is 0 Å². The second-order valence-corrected chi connectivity index (χ2v) is 11.0. The van der Waals surface area contributed by atoms with Crippen molar-refractivity contribution in [2.24, 2.45) is 0 Å². The Kier molecular flexibility index (Phi) is 9.28. The molecule has 1 heterocycles. The van der Waals surface area contributed by atoms with Gasteiger partial charge in [-0.1, -0.05) is 59.6 Å². The zero-order chi connectivity index (χ0) is 23.0. The van der Waals surface area contributed by atoms with Crippen molar-refractivity contribution in [2.45, 2.75) is 37.6 Å². The van der Waals surface area contributed by atoms with E-state index in [0.717, 1.165) is 36.9 Å². The molecule has 0 N–H and O–H groups in total. The molecule has 32 heavy (non-hydrogen) atoms. The van der Waals surface area contributed by atoms with Crippen molar-refractivity contribution in [1.29, 1.82) is 0 Å². The highest BCUT2D eigenvalue weighted by atomic mass is 79.9. The smallest absolute Gasteiger partial charge is 0.243 e. The van der Waals surface area contributed by atoms with Gasteiger partial charge in [0.2, 0.25) is 15.9 Å². The van der Waals surface area contributed by atoms with Gasteiger partial charge in [0.05, 0.1) is 4.90 Å². The van der Waals surface area contributed by atoms with Gasteiger partial charge in [-0.05, 0) is 36.2 Å². The number of amides is 1. The van der Waals surface area contributed by atoms with E-state index in [0.29, 0.717) is 19.6 Å². The quantitative estimate of drug-likeness (QED) is 0.474. The Hall–Kier alpha value is -1.74. The van der Waals surface area contributed by atoms with Crippen LogP contribution in [0.2, 0.25) is 0 Å². The molecule has 0 unspecified atom stereocenters. The lowest BCUT2D eigenvalue weighted by molar-refractivity contribution is -0.133. The van der Waals surface area contributed by atoms with Crippen LogP contribution in [0.5, 0.6) is 0 Å². The van der Waals surface area contributed by atoms with Crippen LogP contribution in [0.25, 0.3) is 0 Å². The predicted molar refractivity (Wildman–Crippen MR) is 131 cm³/mol. The molecule has 0 saturated carbocycles. The minimum atomic E-state index is -3.63. The highest BCUT2D eigenvalue weighted by Gasteiger charge is 2.26. The van der Waals surface area contributed by atoms with Crippen molar-refractivity contribution in [2.75, 3.05) is 39.3 Å². The molecular weight excluding hydrogens is 490 g/mol. The maximum absolute atomic E-state index is 13.1. The molecule has 0 radical (unpaired) electrons. The van der Waals surface area contributed by atoms with Crippen LogP contribution in [0.1, 0.15) is 31.7 Å². The van der Waals surface area contributed by atoms with Crippen LogP contribution in [0, 0.1) is 0 Å². The molecule has 6 nitrogen and oxygen atoms in total. The molecule has 1 fully saturated rings. The van der Waals surface area contributed by atoms with Crippen LogP contribution in [0.15, 0.2) is 64.0 Å². The zero-order valence-corrected chi connectivity index (χ0v) is 21.0. The summed E-state index contributed by atoms with van der Waals surface area (Å²) in [7, 11) is -3.63. The van der Waals surface area contributed by atoms with E-state index in [-0.39, 0.29) is 23.8 Å². The number of carbonyl (C=O) groups excluding carboxylic acids is 1. The minimum absolute atomic E-state index is 0.0249. The Labute approximate surface area is 200 Å². The largest absolute Gasteiger partial charge is 0.340 e. The molecule has 1 saturated heterocycles. The first-order chi connectivity index (χ1) is 15.4. The van der Waals surface area contributed by atoms with Gasteiger partial charge in [0, 0.05) is 56.7 Å². The SMILES string of the molecule is CCCCN(CCC(=O)N1CCN(Cc2ccccc2)CC1)S(=O)(=O)c1ccc(Br)cc1. The number of nitrogens with zero attached hydrogens (tertiary/aromatic N) is 3. The van der Waals surface area contributed by atoms with E-state index in [1.807, 2.05) is 30.0 Å². The minimum Gasteiger partial charge on any atom is -0.340 e. The number of rotatable bonds is 10. The summed E-state index contributed by atoms with van der Waals surface area (Å²) >= 11 is 3.35. The fraction of sp³-hybridized carbons (Fsp3) is 0.458. The molecule has 1 amide bonds. The van der Waals surface area contributed by atoms with Crippen LogP contribution < -0.4 is 0 Å². The molecule has 0 bridgehead atoms. The average molecular weight is 523 g/mol. The van der Waals surface area contributed by atoms with Gasteiger partial charge in [0.15, 0.2) is 0 Å². The summed E-state index contributed by atoms with van der Waals surface area (Å²) in [5, 5.41) is 0. The Bertz CT molecular complexity index is 960. The van der Waals surface area contributed by atoms with E-state index < -0.39 is 10.0 Å². The van der Waals surface area contributed by atoms with Gasteiger partial charge in [-0.25, -0.2) is 8.42 Å². The molecule has 3 rings (SSSR count). The fourth-order valence-electron chi connectivity index (χ4n) is 3.82. The van der Waals surface area contributed by atoms with E-state index in [2.05, 4.69) is 33.0 Å². The molecular formula is C24H32BrN3O3S. The summed E-state index contributed by atoms with van der Waals surface area (Å²) in [6, 6.07) is 17.0. The van der Waals surface area contributed by atoms with Crippen molar-refractivity contribution in [1.82, 2.24) is 14.1 Å². The third-order valence-corrected chi connectivity index (χ3v) is 8.20. The second kappa shape index (κ2) is 11.9. The maximum atomic E-state index is 13.1. The number of halogens is 1. The van der Waals surface area contributed by atoms with Crippen LogP contribution in [-0.2, 0) is 21.4 Å². The lowest BCUT2D eigenvalue weighted by atomic mass is 10.2. The summed E-state index contributed by atoms with van der Waals surface area (Å²) in [4.78, 5) is 17.3. The van der Waals surface area contributed by atoms with Crippen LogP contribution in [0.4, 0.5) is 0 Å². The Morgan fingerprint density at radius 2 is 1.62 bits per heavy atom. The summed E-state index contributed by atoms with van der Waals surface area (Å²) in [6.07, 6.45) is 1.87. The number of unbranched alkanes of at least 4 members (excludes halogenated alkanes) is 1. The van der Waals surface area contributed by atoms with E-state index in [4.69, 9.17) is 0 Å². The number of carbonyl (C=O) groups is 1. The molecule has 1 aliphatic rings. The molecule has 0 atom stereocenters. The number of hydrogen-bond acceptors (Lipinski definition) is 4. The van der Waals surface area contributed by atoms with E-state index >= 15 is 0 Å². The third-order valence-electron chi connectivity index (χ3n) is 5.76. The van der Waals surface area contributed by atoms with Gasteiger partial charge in [0.1, 0.15) is 0 Å². The summed E-state index contributed by atoms with van der Waals surface area (Å²) < 4.78 is 28.6. The van der Waals surface area contributed by atoms with Crippen molar-refractivity contribution in [3.05, 3.63) is 64.6 Å². The first-order valence-corrected chi connectivity index (χ1v) is 13.4. The maximum Gasteiger partial charge on any atom is 0.243 e. The van der Waals surface area contributed by atoms with Crippen molar-refractivity contribution in [3.8, 4) is 0 Å². The van der Waals surface area contributed by atoms with Gasteiger partial charge in [-0.2, -0.15) is 4.31 Å². The molecule has 174 valence electrons. The van der Waals surface area contributed by atoms with Gasteiger partial charge in [0.25, 0.3) is 0 Å². The lowest BCUT2D eigenvalue weighted by Crippen LogP contribution is -2.49. The Morgan fingerprint density at radius 3 is 2.25 bits per heavy atom. The molecule has 2 aromatic carbocycles. The van der Waals surface area contributed by atoms with E-state index in [1.54, 1.807) is 24.3 Å².